The van der Waals surface area contributed by atoms with Gasteiger partial charge in [-0.05, 0) is 12.1 Å². The maximum atomic E-state index is 12.0. The van der Waals surface area contributed by atoms with Crippen molar-refractivity contribution in [1.29, 1.82) is 0 Å². The smallest absolute Gasteiger partial charge is 0.267 e. The first-order valence-electron chi connectivity index (χ1n) is 6.68. The summed E-state index contributed by atoms with van der Waals surface area (Å²) in [7, 11) is 1.55. The van der Waals surface area contributed by atoms with E-state index in [1.165, 1.54) is 5.01 Å². The van der Waals surface area contributed by atoms with E-state index in [1.54, 1.807) is 7.05 Å². The number of hydrogen-bond donors (Lipinski definition) is 1. The van der Waals surface area contributed by atoms with Crippen molar-refractivity contribution in [2.75, 3.05) is 7.05 Å². The van der Waals surface area contributed by atoms with E-state index in [2.05, 4.69) is 15.4 Å². The van der Waals surface area contributed by atoms with Gasteiger partial charge in [0.2, 0.25) is 5.91 Å². The summed E-state index contributed by atoms with van der Waals surface area (Å²) >= 11 is 0. The van der Waals surface area contributed by atoms with Gasteiger partial charge in [-0.25, -0.2) is 9.99 Å². The molecule has 0 saturated carbocycles. The molecular weight excluding hydrogens is 270 g/mol. The van der Waals surface area contributed by atoms with Crippen LogP contribution in [0.15, 0.2) is 35.7 Å². The molecular formula is C14H15N5O2. The van der Waals surface area contributed by atoms with Gasteiger partial charge in [0.25, 0.3) is 5.91 Å². The number of rotatable bonds is 3. The van der Waals surface area contributed by atoms with E-state index in [1.807, 2.05) is 35.0 Å². The van der Waals surface area contributed by atoms with Crippen LogP contribution in [0.2, 0.25) is 0 Å². The first kappa shape index (κ1) is 13.3. The molecule has 3 rings (SSSR count). The first-order valence-corrected chi connectivity index (χ1v) is 6.68. The molecule has 0 atom stereocenters. The van der Waals surface area contributed by atoms with Crippen molar-refractivity contribution in [3.63, 3.8) is 0 Å². The predicted octanol–water partition coefficient (Wildman–Crippen LogP) is 0.559. The number of imidazole rings is 1. The molecule has 7 heteroatoms. The average Bonchev–Trinajstić information content (AvgIpc) is 2.90. The van der Waals surface area contributed by atoms with Gasteiger partial charge in [0.15, 0.2) is 0 Å². The summed E-state index contributed by atoms with van der Waals surface area (Å²) in [6.07, 6.45) is 4.46. The average molecular weight is 285 g/mol. The third-order valence-electron chi connectivity index (χ3n) is 3.31. The Hall–Kier alpha value is -2.70. The molecule has 1 aliphatic rings. The summed E-state index contributed by atoms with van der Waals surface area (Å²) < 4.78 is 1.89. The van der Waals surface area contributed by atoms with E-state index in [-0.39, 0.29) is 11.8 Å². The van der Waals surface area contributed by atoms with Gasteiger partial charge in [-0.15, -0.1) is 0 Å². The highest BCUT2D eigenvalue weighted by Gasteiger charge is 2.21. The zero-order valence-corrected chi connectivity index (χ0v) is 11.6. The first-order chi connectivity index (χ1) is 10.1. The van der Waals surface area contributed by atoms with Crippen LogP contribution in [0.5, 0.6) is 0 Å². The van der Waals surface area contributed by atoms with Gasteiger partial charge in [-0.1, -0.05) is 6.07 Å². The molecule has 1 aliphatic heterocycles. The molecule has 1 N–H and O–H groups in total. The molecule has 7 nitrogen and oxygen atoms in total. The zero-order chi connectivity index (χ0) is 14.8. The third-order valence-corrected chi connectivity index (χ3v) is 3.31. The lowest BCUT2D eigenvalue weighted by molar-refractivity contribution is -0.130. The van der Waals surface area contributed by atoms with Gasteiger partial charge in [0.05, 0.1) is 12.2 Å². The third kappa shape index (κ3) is 2.76. The molecule has 0 saturated heterocycles. The highest BCUT2D eigenvalue weighted by atomic mass is 16.2. The molecule has 2 amide bonds. The van der Waals surface area contributed by atoms with Crippen molar-refractivity contribution < 1.29 is 9.59 Å². The fraction of sp³-hybridized carbons (Fsp3) is 0.286. The fourth-order valence-corrected chi connectivity index (χ4v) is 2.18. The highest BCUT2D eigenvalue weighted by Crippen LogP contribution is 2.08. The van der Waals surface area contributed by atoms with Crippen molar-refractivity contribution >= 4 is 23.2 Å². The van der Waals surface area contributed by atoms with Crippen LogP contribution in [0.3, 0.4) is 0 Å². The molecule has 2 aromatic rings. The summed E-state index contributed by atoms with van der Waals surface area (Å²) in [5.74, 6) is -0.335. The standard InChI is InChI=1S/C14H15N5O2/c1-18-13(20)6-5-11(17-18)14(21)15-8-10-9-19-7-3-2-4-12(19)16-10/h2-4,7,9H,5-6,8H2,1H3,(H,15,21). The van der Waals surface area contributed by atoms with Gasteiger partial charge in [-0.3, -0.25) is 9.59 Å². The van der Waals surface area contributed by atoms with Crippen molar-refractivity contribution in [3.05, 3.63) is 36.3 Å². The molecule has 0 aromatic carbocycles. The number of carbonyl (C=O) groups is 2. The summed E-state index contributed by atoms with van der Waals surface area (Å²) in [6, 6.07) is 5.73. The predicted molar refractivity (Wildman–Crippen MR) is 76.5 cm³/mol. The van der Waals surface area contributed by atoms with E-state index in [9.17, 15) is 9.59 Å². The van der Waals surface area contributed by atoms with Gasteiger partial charge >= 0.3 is 0 Å². The van der Waals surface area contributed by atoms with Crippen LogP contribution in [0.4, 0.5) is 0 Å². The summed E-state index contributed by atoms with van der Waals surface area (Å²) in [4.78, 5) is 27.7. The van der Waals surface area contributed by atoms with Crippen LogP contribution in [0.25, 0.3) is 5.65 Å². The number of nitrogens with zero attached hydrogens (tertiary/aromatic N) is 4. The van der Waals surface area contributed by atoms with Crippen LogP contribution in [0.1, 0.15) is 18.5 Å². The number of fused-ring (bicyclic) bond motifs is 1. The Bertz CT molecular complexity index is 701. The normalized spacial score (nSPS) is 15.2. The SMILES string of the molecule is CN1N=C(C(=O)NCc2cn3ccccc3n2)CCC1=O. The number of hydrazone groups is 1. The Labute approximate surface area is 121 Å². The molecule has 3 heterocycles. The molecule has 0 bridgehead atoms. The lowest BCUT2D eigenvalue weighted by atomic mass is 10.1. The molecule has 0 spiro atoms. The number of carbonyl (C=O) groups excluding carboxylic acids is 2. The minimum Gasteiger partial charge on any atom is -0.345 e. The Morgan fingerprint density at radius 2 is 2.24 bits per heavy atom. The van der Waals surface area contributed by atoms with E-state index in [0.29, 0.717) is 25.1 Å². The highest BCUT2D eigenvalue weighted by molar-refractivity contribution is 6.39. The van der Waals surface area contributed by atoms with Crippen LogP contribution in [-0.4, -0.2) is 39.0 Å². The minimum absolute atomic E-state index is 0.0769. The second-order valence-corrected chi connectivity index (χ2v) is 4.85. The minimum atomic E-state index is -0.258. The van der Waals surface area contributed by atoms with Gasteiger partial charge in [-0.2, -0.15) is 5.10 Å². The lowest BCUT2D eigenvalue weighted by Crippen LogP contribution is -2.37. The topological polar surface area (TPSA) is 79.1 Å². The Balaban J connectivity index is 1.66. The van der Waals surface area contributed by atoms with E-state index in [0.717, 1.165) is 11.3 Å². The van der Waals surface area contributed by atoms with Crippen molar-refractivity contribution in [3.8, 4) is 0 Å². The quantitative estimate of drug-likeness (QED) is 0.895. The lowest BCUT2D eigenvalue weighted by Gasteiger charge is -2.18. The summed E-state index contributed by atoms with van der Waals surface area (Å²) in [5.41, 5.74) is 1.98. The van der Waals surface area contributed by atoms with E-state index >= 15 is 0 Å². The van der Waals surface area contributed by atoms with Crippen LogP contribution < -0.4 is 5.32 Å². The fourth-order valence-electron chi connectivity index (χ4n) is 2.18. The Morgan fingerprint density at radius 1 is 1.38 bits per heavy atom. The second-order valence-electron chi connectivity index (χ2n) is 4.85. The largest absolute Gasteiger partial charge is 0.345 e. The monoisotopic (exact) mass is 285 g/mol. The number of aromatic nitrogens is 2. The number of pyridine rings is 1. The summed E-state index contributed by atoms with van der Waals surface area (Å²) in [5, 5.41) is 7.97. The molecule has 0 radical (unpaired) electrons. The van der Waals surface area contributed by atoms with Gasteiger partial charge < -0.3 is 9.72 Å². The van der Waals surface area contributed by atoms with Gasteiger partial charge in [0.1, 0.15) is 11.4 Å². The molecule has 0 fully saturated rings. The maximum Gasteiger partial charge on any atom is 0.267 e. The molecule has 108 valence electrons. The Kier molecular flexibility index (Phi) is 3.39. The Morgan fingerprint density at radius 3 is 3.00 bits per heavy atom. The van der Waals surface area contributed by atoms with Crippen molar-refractivity contribution in [2.45, 2.75) is 19.4 Å². The number of hydrogen-bond acceptors (Lipinski definition) is 4. The van der Waals surface area contributed by atoms with Crippen molar-refractivity contribution in [2.24, 2.45) is 5.10 Å². The van der Waals surface area contributed by atoms with Gasteiger partial charge in [0, 0.05) is 32.3 Å². The van der Waals surface area contributed by atoms with E-state index in [4.69, 9.17) is 0 Å². The summed E-state index contributed by atoms with van der Waals surface area (Å²) in [6.45, 7) is 0.331. The molecule has 21 heavy (non-hydrogen) atoms. The van der Waals surface area contributed by atoms with E-state index < -0.39 is 0 Å². The van der Waals surface area contributed by atoms with Crippen LogP contribution >= 0.6 is 0 Å². The molecule has 0 aliphatic carbocycles. The number of nitrogens with one attached hydrogen (secondary N) is 1. The maximum absolute atomic E-state index is 12.0. The molecule has 2 aromatic heterocycles. The van der Waals surface area contributed by atoms with Crippen molar-refractivity contribution in [1.82, 2.24) is 19.7 Å². The number of amides is 2. The van der Waals surface area contributed by atoms with Crippen LogP contribution in [-0.2, 0) is 16.1 Å². The molecule has 0 unspecified atom stereocenters. The van der Waals surface area contributed by atoms with Crippen LogP contribution in [0, 0.1) is 0 Å². The zero-order valence-electron chi connectivity index (χ0n) is 11.6. The second kappa shape index (κ2) is 5.35.